The number of benzene rings is 1. The van der Waals surface area contributed by atoms with Crippen molar-refractivity contribution in [3.63, 3.8) is 0 Å². The van der Waals surface area contributed by atoms with Crippen LogP contribution in [0.2, 0.25) is 0 Å². The maximum Gasteiger partial charge on any atom is 0.126 e. The lowest BCUT2D eigenvalue weighted by molar-refractivity contribution is -0.849. The first kappa shape index (κ1) is 9.59. The lowest BCUT2D eigenvalue weighted by Gasteiger charge is -2.17. The molecule has 0 aliphatic carbocycles. The Kier molecular flexibility index (Phi) is 2.59. The molecule has 1 aromatic carbocycles. The first-order valence-electron chi connectivity index (χ1n) is 4.58. The van der Waals surface area contributed by atoms with Crippen molar-refractivity contribution in [2.75, 3.05) is 6.54 Å². The monoisotopic (exact) mass is 199 g/mol. The summed E-state index contributed by atoms with van der Waals surface area (Å²) in [6, 6.07) is 9.12. The molecule has 0 fully saturated rings. The third-order valence-corrected chi connectivity index (χ3v) is 2.10. The van der Waals surface area contributed by atoms with Gasteiger partial charge in [0.25, 0.3) is 0 Å². The molecule has 74 valence electrons. The predicted molar refractivity (Wildman–Crippen MR) is 56.0 cm³/mol. The van der Waals surface area contributed by atoms with Gasteiger partial charge in [0.05, 0.1) is 11.6 Å². The first-order valence-corrected chi connectivity index (χ1v) is 4.58. The van der Waals surface area contributed by atoms with Crippen molar-refractivity contribution in [3.05, 3.63) is 52.8 Å². The molecule has 1 aromatic rings. The van der Waals surface area contributed by atoms with Gasteiger partial charge in [0, 0.05) is 5.56 Å². The Balaban J connectivity index is 2.38. The molecular formula is C11H9N3O. The van der Waals surface area contributed by atoms with E-state index >= 15 is 0 Å². The van der Waals surface area contributed by atoms with Gasteiger partial charge in [-0.25, -0.2) is 5.17 Å². The van der Waals surface area contributed by atoms with E-state index in [2.05, 4.69) is 11.2 Å². The first-order chi connectivity index (χ1) is 7.29. The van der Waals surface area contributed by atoms with Crippen molar-refractivity contribution in [1.82, 2.24) is 0 Å². The zero-order valence-corrected chi connectivity index (χ0v) is 7.97. The van der Waals surface area contributed by atoms with E-state index in [-0.39, 0.29) is 5.17 Å². The molecule has 4 nitrogen and oxygen atoms in total. The summed E-state index contributed by atoms with van der Waals surface area (Å²) >= 11 is 0. The second kappa shape index (κ2) is 4.05. The highest BCUT2D eigenvalue weighted by Gasteiger charge is 2.07. The number of nitrogens with one attached hydrogen (secondary N) is 1. The van der Waals surface area contributed by atoms with Gasteiger partial charge in [-0.3, -0.25) is 0 Å². The van der Waals surface area contributed by atoms with Gasteiger partial charge in [0.1, 0.15) is 12.3 Å². The largest absolute Gasteiger partial charge is 0.606 e. The van der Waals surface area contributed by atoms with Crippen molar-refractivity contribution in [2.24, 2.45) is 5.10 Å². The maximum absolute atomic E-state index is 11.1. The number of allylic oxidation sites excluding steroid dienone is 1. The molecule has 0 spiro atoms. The highest BCUT2D eigenvalue weighted by Crippen LogP contribution is 2.06. The molecular weight excluding hydrogens is 190 g/mol. The number of hydroxylamine groups is 1. The van der Waals surface area contributed by atoms with E-state index in [0.29, 0.717) is 17.8 Å². The summed E-state index contributed by atoms with van der Waals surface area (Å²) in [6.45, 7) is 0.363. The van der Waals surface area contributed by atoms with Crippen LogP contribution >= 0.6 is 0 Å². The summed E-state index contributed by atoms with van der Waals surface area (Å²) in [5.41, 5.74) is 2.00. The Bertz CT molecular complexity index is 471. The van der Waals surface area contributed by atoms with Crippen LogP contribution < -0.4 is 5.17 Å². The molecule has 1 aliphatic rings. The smallest absolute Gasteiger partial charge is 0.126 e. The summed E-state index contributed by atoms with van der Waals surface area (Å²) in [5.74, 6) is 0. The molecule has 0 bridgehead atoms. The van der Waals surface area contributed by atoms with Crippen LogP contribution in [0.1, 0.15) is 11.1 Å². The normalized spacial score (nSPS) is 19.5. The Morgan fingerprint density at radius 1 is 1.47 bits per heavy atom. The van der Waals surface area contributed by atoms with Crippen LogP contribution in [0.15, 0.2) is 41.5 Å². The molecule has 0 saturated heterocycles. The molecule has 0 saturated carbocycles. The number of nitrogens with zero attached hydrogens (tertiary/aromatic N) is 2. The van der Waals surface area contributed by atoms with Gasteiger partial charge in [-0.1, -0.05) is 17.2 Å². The number of quaternary nitrogens is 1. The zero-order valence-electron chi connectivity index (χ0n) is 7.97. The van der Waals surface area contributed by atoms with Gasteiger partial charge in [-0.15, -0.1) is 0 Å². The standard InChI is InChI=1S/C11H9N3O/c12-8-9-3-1-4-10(7-9)11-5-2-6-14(15)13-11/h1-5,7,14H,6H2. The molecule has 1 aliphatic heterocycles. The average Bonchev–Trinajstić information content (AvgIpc) is 2.29. The number of hydrogen-bond acceptors (Lipinski definition) is 3. The quantitative estimate of drug-likeness (QED) is 0.657. The van der Waals surface area contributed by atoms with Crippen molar-refractivity contribution >= 4 is 5.71 Å². The second-order valence-electron chi connectivity index (χ2n) is 3.19. The van der Waals surface area contributed by atoms with E-state index in [4.69, 9.17) is 5.26 Å². The average molecular weight is 199 g/mol. The van der Waals surface area contributed by atoms with Crippen LogP contribution in [0, 0.1) is 16.5 Å². The predicted octanol–water partition coefficient (Wildman–Crippen LogP) is 0.215. The Hall–Kier alpha value is -1.96. The third-order valence-electron chi connectivity index (χ3n) is 2.10. The van der Waals surface area contributed by atoms with E-state index < -0.39 is 0 Å². The van der Waals surface area contributed by atoms with E-state index in [1.54, 1.807) is 30.4 Å². The van der Waals surface area contributed by atoms with Gasteiger partial charge in [0.2, 0.25) is 0 Å². The molecule has 15 heavy (non-hydrogen) atoms. The zero-order chi connectivity index (χ0) is 10.7. The fourth-order valence-corrected chi connectivity index (χ4v) is 1.40. The molecule has 1 heterocycles. The molecule has 1 atom stereocenters. The topological polar surface area (TPSA) is 63.6 Å². The molecule has 1 N–H and O–H groups in total. The molecule has 4 heteroatoms. The van der Waals surface area contributed by atoms with E-state index in [0.717, 1.165) is 5.56 Å². The second-order valence-corrected chi connectivity index (χ2v) is 3.19. The van der Waals surface area contributed by atoms with Crippen LogP contribution in [0.5, 0.6) is 0 Å². The van der Waals surface area contributed by atoms with E-state index in [1.165, 1.54) is 0 Å². The van der Waals surface area contributed by atoms with Crippen LogP contribution in [0.3, 0.4) is 0 Å². The molecule has 0 amide bonds. The lowest BCUT2D eigenvalue weighted by atomic mass is 10.1. The fraction of sp³-hybridized carbons (Fsp3) is 0.0909. The third kappa shape index (κ3) is 2.10. The van der Waals surface area contributed by atoms with Gasteiger partial charge in [-0.05, 0) is 24.3 Å². The minimum Gasteiger partial charge on any atom is -0.606 e. The minimum absolute atomic E-state index is 0.144. The molecule has 0 aromatic heterocycles. The maximum atomic E-state index is 11.1. The van der Waals surface area contributed by atoms with Gasteiger partial charge >= 0.3 is 0 Å². The summed E-state index contributed by atoms with van der Waals surface area (Å²) in [4.78, 5) is 0. The van der Waals surface area contributed by atoms with Gasteiger partial charge in [0.15, 0.2) is 0 Å². The summed E-state index contributed by atoms with van der Waals surface area (Å²) in [5, 5.41) is 23.6. The number of nitriles is 1. The highest BCUT2D eigenvalue weighted by molar-refractivity contribution is 6.08. The van der Waals surface area contributed by atoms with E-state index in [1.807, 2.05) is 6.07 Å². The summed E-state index contributed by atoms with van der Waals surface area (Å²) < 4.78 is 0. The summed E-state index contributed by atoms with van der Waals surface area (Å²) in [6.07, 6.45) is 3.58. The SMILES string of the molecule is N#Cc1cccc(C2=N[NH+]([O-])CC=C2)c1. The fourth-order valence-electron chi connectivity index (χ4n) is 1.40. The molecule has 1 unspecified atom stereocenters. The van der Waals surface area contributed by atoms with Crippen LogP contribution in [-0.4, -0.2) is 12.3 Å². The summed E-state index contributed by atoms with van der Waals surface area (Å²) in [7, 11) is 0. The number of rotatable bonds is 1. The van der Waals surface area contributed by atoms with Gasteiger partial charge in [-0.2, -0.15) is 5.26 Å². The Morgan fingerprint density at radius 2 is 2.33 bits per heavy atom. The van der Waals surface area contributed by atoms with E-state index in [9.17, 15) is 5.21 Å². The number of hydrogen-bond donors (Lipinski definition) is 1. The van der Waals surface area contributed by atoms with Crippen molar-refractivity contribution in [1.29, 1.82) is 5.26 Å². The van der Waals surface area contributed by atoms with Crippen molar-refractivity contribution in [2.45, 2.75) is 0 Å². The molecule has 0 radical (unpaired) electrons. The highest BCUT2D eigenvalue weighted by atomic mass is 16.5. The van der Waals surface area contributed by atoms with Crippen LogP contribution in [0.4, 0.5) is 0 Å². The Morgan fingerprint density at radius 3 is 3.07 bits per heavy atom. The molecule has 2 rings (SSSR count). The Labute approximate surface area is 87.3 Å². The van der Waals surface area contributed by atoms with Crippen molar-refractivity contribution in [3.8, 4) is 6.07 Å². The van der Waals surface area contributed by atoms with Crippen LogP contribution in [-0.2, 0) is 0 Å². The van der Waals surface area contributed by atoms with Gasteiger partial charge < -0.3 is 5.21 Å². The van der Waals surface area contributed by atoms with Crippen LogP contribution in [0.25, 0.3) is 0 Å². The minimum atomic E-state index is -0.144. The van der Waals surface area contributed by atoms with Crippen molar-refractivity contribution < 1.29 is 5.17 Å². The lowest BCUT2D eigenvalue weighted by Crippen LogP contribution is -3.02.